The van der Waals surface area contributed by atoms with E-state index in [1.165, 1.54) is 29.6 Å². The second kappa shape index (κ2) is 8.31. The number of rotatable bonds is 7. The Balaban J connectivity index is 3.26. The molecule has 12 heavy (non-hydrogen) atoms. The third-order valence-corrected chi connectivity index (χ3v) is 4.35. The third-order valence-electron chi connectivity index (χ3n) is 1.75. The zero-order valence-electron chi connectivity index (χ0n) is 8.72. The zero-order valence-corrected chi connectivity index (χ0v) is 10.4. The SMILES string of the molecule is CCCCS[C](C)SC(C)CC. The van der Waals surface area contributed by atoms with Crippen LogP contribution in [0.2, 0.25) is 0 Å². The van der Waals surface area contributed by atoms with Crippen LogP contribution in [0.5, 0.6) is 0 Å². The molecule has 0 aromatic heterocycles. The van der Waals surface area contributed by atoms with Crippen LogP contribution in [0, 0.1) is 4.58 Å². The third kappa shape index (κ3) is 7.35. The fourth-order valence-electron chi connectivity index (χ4n) is 0.761. The van der Waals surface area contributed by atoms with Crippen molar-refractivity contribution in [1.29, 1.82) is 0 Å². The molecule has 1 radical (unpaired) electrons. The van der Waals surface area contributed by atoms with E-state index in [4.69, 9.17) is 0 Å². The van der Waals surface area contributed by atoms with Gasteiger partial charge >= 0.3 is 0 Å². The van der Waals surface area contributed by atoms with Gasteiger partial charge in [-0.2, -0.15) is 0 Å². The first kappa shape index (κ1) is 12.7. The Labute approximate surface area is 86.3 Å². The van der Waals surface area contributed by atoms with Gasteiger partial charge in [-0.05, 0) is 25.5 Å². The summed E-state index contributed by atoms with van der Waals surface area (Å²) in [6.45, 7) is 9.05. The molecule has 0 aliphatic heterocycles. The van der Waals surface area contributed by atoms with E-state index in [0.717, 1.165) is 5.25 Å². The van der Waals surface area contributed by atoms with Crippen LogP contribution in [-0.2, 0) is 0 Å². The smallest absolute Gasteiger partial charge is 0.0820 e. The highest BCUT2D eigenvalue weighted by atomic mass is 32.2. The van der Waals surface area contributed by atoms with E-state index in [9.17, 15) is 0 Å². The summed E-state index contributed by atoms with van der Waals surface area (Å²) in [4.78, 5) is 0. The summed E-state index contributed by atoms with van der Waals surface area (Å²) in [6.07, 6.45) is 3.94. The maximum atomic E-state index is 2.30. The van der Waals surface area contributed by atoms with Crippen molar-refractivity contribution < 1.29 is 0 Å². The minimum Gasteiger partial charge on any atom is -0.142 e. The summed E-state index contributed by atoms with van der Waals surface area (Å²) < 4.78 is 1.54. The number of thioether (sulfide) groups is 2. The first-order valence-electron chi connectivity index (χ1n) is 4.83. The van der Waals surface area contributed by atoms with Gasteiger partial charge in [-0.15, -0.1) is 23.5 Å². The maximum absolute atomic E-state index is 2.30. The normalized spacial score (nSPS) is 13.8. The molecule has 0 aliphatic rings. The van der Waals surface area contributed by atoms with Crippen molar-refractivity contribution in [3.63, 3.8) is 0 Å². The molecule has 1 atom stereocenters. The van der Waals surface area contributed by atoms with Gasteiger partial charge in [-0.25, -0.2) is 0 Å². The van der Waals surface area contributed by atoms with Crippen molar-refractivity contribution in [1.82, 2.24) is 0 Å². The lowest BCUT2D eigenvalue weighted by Crippen LogP contribution is -1.95. The fourth-order valence-corrected chi connectivity index (χ4v) is 3.23. The summed E-state index contributed by atoms with van der Waals surface area (Å²) in [5.74, 6) is 1.30. The summed E-state index contributed by atoms with van der Waals surface area (Å²) in [6, 6.07) is 0. The van der Waals surface area contributed by atoms with Crippen molar-refractivity contribution in [3.05, 3.63) is 4.58 Å². The van der Waals surface area contributed by atoms with Crippen LogP contribution in [0.25, 0.3) is 0 Å². The van der Waals surface area contributed by atoms with E-state index in [1.54, 1.807) is 0 Å². The molecule has 0 N–H and O–H groups in total. The molecule has 2 heteroatoms. The molecule has 0 aromatic carbocycles. The van der Waals surface area contributed by atoms with Crippen LogP contribution in [0.1, 0.15) is 47.0 Å². The molecule has 73 valence electrons. The highest BCUT2D eigenvalue weighted by Gasteiger charge is 2.07. The van der Waals surface area contributed by atoms with E-state index in [-0.39, 0.29) is 0 Å². The van der Waals surface area contributed by atoms with E-state index in [2.05, 4.69) is 27.7 Å². The molecule has 1 unspecified atom stereocenters. The minimum atomic E-state index is 0.791. The highest BCUT2D eigenvalue weighted by molar-refractivity contribution is 8.20. The molecule has 0 saturated heterocycles. The van der Waals surface area contributed by atoms with E-state index >= 15 is 0 Å². The van der Waals surface area contributed by atoms with Gasteiger partial charge in [-0.3, -0.25) is 0 Å². The molecule has 0 nitrogen and oxygen atoms in total. The van der Waals surface area contributed by atoms with Crippen LogP contribution in [0.4, 0.5) is 0 Å². The molecular weight excluding hydrogens is 184 g/mol. The summed E-state index contributed by atoms with van der Waals surface area (Å²) in [7, 11) is 0. The van der Waals surface area contributed by atoms with Gasteiger partial charge in [0, 0.05) is 5.25 Å². The largest absolute Gasteiger partial charge is 0.142 e. The highest BCUT2D eigenvalue weighted by Crippen LogP contribution is 2.35. The van der Waals surface area contributed by atoms with Crippen molar-refractivity contribution in [3.8, 4) is 0 Å². The molecule has 0 bridgehead atoms. The Morgan fingerprint density at radius 3 is 2.50 bits per heavy atom. The Bertz CT molecular complexity index is 93.8. The van der Waals surface area contributed by atoms with Gasteiger partial charge in [0.1, 0.15) is 0 Å². The van der Waals surface area contributed by atoms with E-state index in [1.807, 2.05) is 23.5 Å². The lowest BCUT2D eigenvalue weighted by atomic mass is 10.4. The van der Waals surface area contributed by atoms with Gasteiger partial charge in [0.25, 0.3) is 0 Å². The van der Waals surface area contributed by atoms with Gasteiger partial charge in [0.2, 0.25) is 0 Å². The van der Waals surface area contributed by atoms with Gasteiger partial charge < -0.3 is 0 Å². The number of unbranched alkanes of at least 4 members (excludes halogenated alkanes) is 1. The van der Waals surface area contributed by atoms with E-state index < -0.39 is 0 Å². The fraction of sp³-hybridized carbons (Fsp3) is 0.900. The molecule has 0 aromatic rings. The maximum Gasteiger partial charge on any atom is 0.0820 e. The van der Waals surface area contributed by atoms with Gasteiger partial charge in [-0.1, -0.05) is 27.2 Å². The van der Waals surface area contributed by atoms with E-state index in [0.29, 0.717) is 0 Å². The van der Waals surface area contributed by atoms with Crippen molar-refractivity contribution >= 4 is 23.5 Å². The standard InChI is InChI=1S/C10H21S2/c1-5-7-8-11-10(4)12-9(3)6-2/h9H,5-8H2,1-4H3. The second-order valence-electron chi connectivity index (χ2n) is 3.03. The summed E-state index contributed by atoms with van der Waals surface area (Å²) >= 11 is 4.05. The molecule has 0 spiro atoms. The summed E-state index contributed by atoms with van der Waals surface area (Å²) in [5, 5.41) is 0.791. The predicted molar refractivity (Wildman–Crippen MR) is 63.6 cm³/mol. The second-order valence-corrected chi connectivity index (χ2v) is 6.25. The average Bonchev–Trinajstić information content (AvgIpc) is 2.05. The first-order valence-corrected chi connectivity index (χ1v) is 6.70. The quantitative estimate of drug-likeness (QED) is 0.559. The van der Waals surface area contributed by atoms with Crippen LogP contribution in [-0.4, -0.2) is 11.0 Å². The molecule has 0 fully saturated rings. The Kier molecular flexibility index (Phi) is 8.79. The topological polar surface area (TPSA) is 0 Å². The number of hydrogen-bond acceptors (Lipinski definition) is 2. The van der Waals surface area contributed by atoms with Crippen molar-refractivity contribution in [2.75, 3.05) is 5.75 Å². The number of hydrogen-bond donors (Lipinski definition) is 0. The lowest BCUT2D eigenvalue weighted by Gasteiger charge is -2.13. The van der Waals surface area contributed by atoms with Crippen LogP contribution < -0.4 is 0 Å². The monoisotopic (exact) mass is 205 g/mol. The Morgan fingerprint density at radius 2 is 2.00 bits per heavy atom. The van der Waals surface area contributed by atoms with Crippen molar-refractivity contribution in [2.45, 2.75) is 52.2 Å². The molecular formula is C10H21S2. The Morgan fingerprint density at radius 1 is 1.33 bits per heavy atom. The molecule has 0 saturated carbocycles. The molecule has 0 aliphatic carbocycles. The average molecular weight is 205 g/mol. The molecule has 0 amide bonds. The molecule has 0 heterocycles. The Hall–Kier alpha value is 0.700. The van der Waals surface area contributed by atoms with Crippen LogP contribution in [0.15, 0.2) is 0 Å². The predicted octanol–water partition coefficient (Wildman–Crippen LogP) is 4.56. The minimum absolute atomic E-state index is 0.791. The van der Waals surface area contributed by atoms with Gasteiger partial charge in [0.05, 0.1) is 4.58 Å². The molecule has 0 rings (SSSR count). The van der Waals surface area contributed by atoms with Crippen molar-refractivity contribution in [2.24, 2.45) is 0 Å². The van der Waals surface area contributed by atoms with Crippen LogP contribution in [0.3, 0.4) is 0 Å². The van der Waals surface area contributed by atoms with Crippen LogP contribution >= 0.6 is 23.5 Å². The zero-order chi connectivity index (χ0) is 9.40. The van der Waals surface area contributed by atoms with Gasteiger partial charge in [0.15, 0.2) is 0 Å². The summed E-state index contributed by atoms with van der Waals surface area (Å²) in [5.41, 5.74) is 0. The first-order chi connectivity index (χ1) is 5.70. The lowest BCUT2D eigenvalue weighted by molar-refractivity contribution is 0.896.